The molecule has 142 valence electrons. The second kappa shape index (κ2) is 7.82. The van der Waals surface area contributed by atoms with Crippen LogP contribution < -0.4 is 10.6 Å². The van der Waals surface area contributed by atoms with Gasteiger partial charge in [0, 0.05) is 6.07 Å². The number of thiophene rings is 1. The molecule has 4 heterocycles. The molecule has 4 rings (SSSR count). The van der Waals surface area contributed by atoms with Gasteiger partial charge in [-0.15, -0.1) is 11.3 Å². The van der Waals surface area contributed by atoms with E-state index in [9.17, 15) is 4.39 Å². The molecule has 0 aliphatic carbocycles. The highest BCUT2D eigenvalue weighted by Crippen LogP contribution is 2.25. The summed E-state index contributed by atoms with van der Waals surface area (Å²) in [5.41, 5.74) is 0.873. The Morgan fingerprint density at radius 2 is 1.96 bits per heavy atom. The van der Waals surface area contributed by atoms with Gasteiger partial charge in [-0.25, -0.2) is 14.4 Å². The molecule has 0 aliphatic heterocycles. The SMILES string of the molecule is CC(Nc1nc(Cl)nc(Nc2cc(-c3cccs3)[nH]n2)n1)c1ncc(F)cn1. The number of nitrogens with one attached hydrogen (secondary N) is 3. The van der Waals surface area contributed by atoms with Gasteiger partial charge in [0.1, 0.15) is 5.82 Å². The molecule has 9 nitrogen and oxygen atoms in total. The van der Waals surface area contributed by atoms with Gasteiger partial charge in [0.25, 0.3) is 0 Å². The van der Waals surface area contributed by atoms with Gasteiger partial charge >= 0.3 is 0 Å². The Labute approximate surface area is 167 Å². The van der Waals surface area contributed by atoms with Gasteiger partial charge in [-0.1, -0.05) is 6.07 Å². The topological polar surface area (TPSA) is 117 Å². The number of hydrogen-bond acceptors (Lipinski definition) is 9. The van der Waals surface area contributed by atoms with Crippen molar-refractivity contribution in [3.63, 3.8) is 0 Å². The summed E-state index contributed by atoms with van der Waals surface area (Å²) in [6, 6.07) is 5.42. The van der Waals surface area contributed by atoms with E-state index in [-0.39, 0.29) is 23.2 Å². The van der Waals surface area contributed by atoms with Crippen LogP contribution in [0.1, 0.15) is 18.8 Å². The first-order chi connectivity index (χ1) is 13.6. The maximum absolute atomic E-state index is 13.0. The minimum absolute atomic E-state index is 0.00115. The van der Waals surface area contributed by atoms with Gasteiger partial charge in [0.15, 0.2) is 11.6 Å². The van der Waals surface area contributed by atoms with Gasteiger partial charge in [-0.2, -0.15) is 20.1 Å². The minimum Gasteiger partial charge on any atom is -0.344 e. The van der Waals surface area contributed by atoms with E-state index in [0.717, 1.165) is 23.0 Å². The molecule has 0 spiro atoms. The van der Waals surface area contributed by atoms with Crippen LogP contribution in [0.3, 0.4) is 0 Å². The lowest BCUT2D eigenvalue weighted by atomic mass is 10.3. The van der Waals surface area contributed by atoms with E-state index in [0.29, 0.717) is 11.6 Å². The molecule has 0 aliphatic rings. The molecule has 1 unspecified atom stereocenters. The summed E-state index contributed by atoms with van der Waals surface area (Å²) in [4.78, 5) is 21.3. The smallest absolute Gasteiger partial charge is 0.234 e. The summed E-state index contributed by atoms with van der Waals surface area (Å²) < 4.78 is 13.0. The molecule has 0 saturated heterocycles. The lowest BCUT2D eigenvalue weighted by Gasteiger charge is -2.12. The Hall–Kier alpha value is -3.18. The fourth-order valence-corrected chi connectivity index (χ4v) is 3.19. The average Bonchev–Trinajstić information content (AvgIpc) is 3.33. The molecule has 0 aromatic carbocycles. The van der Waals surface area contributed by atoms with Gasteiger partial charge in [0.2, 0.25) is 17.2 Å². The minimum atomic E-state index is -0.508. The zero-order valence-corrected chi connectivity index (χ0v) is 16.0. The quantitative estimate of drug-likeness (QED) is 0.433. The van der Waals surface area contributed by atoms with E-state index in [1.807, 2.05) is 23.6 Å². The van der Waals surface area contributed by atoms with Gasteiger partial charge in [-0.05, 0) is 30.0 Å². The third-order valence-electron chi connectivity index (χ3n) is 3.59. The van der Waals surface area contributed by atoms with Crippen LogP contribution in [0, 0.1) is 5.82 Å². The first-order valence-electron chi connectivity index (χ1n) is 8.08. The molecule has 3 N–H and O–H groups in total. The fraction of sp³-hybridized carbons (Fsp3) is 0.125. The van der Waals surface area contributed by atoms with Crippen molar-refractivity contribution in [2.45, 2.75) is 13.0 Å². The van der Waals surface area contributed by atoms with Crippen LogP contribution in [0.15, 0.2) is 36.0 Å². The number of nitrogens with zero attached hydrogens (tertiary/aromatic N) is 6. The number of H-pyrrole nitrogens is 1. The summed E-state index contributed by atoms with van der Waals surface area (Å²) in [7, 11) is 0. The second-order valence-electron chi connectivity index (χ2n) is 5.65. The maximum atomic E-state index is 13.0. The molecule has 0 radical (unpaired) electrons. The highest BCUT2D eigenvalue weighted by molar-refractivity contribution is 7.13. The summed E-state index contributed by atoms with van der Waals surface area (Å²) in [6.45, 7) is 1.79. The Morgan fingerprint density at radius 3 is 2.71 bits per heavy atom. The number of aromatic amines is 1. The molecule has 0 fully saturated rings. The molecule has 4 aromatic heterocycles. The first kappa shape index (κ1) is 18.2. The number of hydrogen-bond donors (Lipinski definition) is 3. The lowest BCUT2D eigenvalue weighted by Crippen LogP contribution is -2.14. The van der Waals surface area contributed by atoms with Crippen LogP contribution in [-0.2, 0) is 0 Å². The zero-order chi connectivity index (χ0) is 19.5. The Kier molecular flexibility index (Phi) is 5.08. The third-order valence-corrected chi connectivity index (χ3v) is 4.66. The van der Waals surface area contributed by atoms with E-state index < -0.39 is 5.82 Å². The largest absolute Gasteiger partial charge is 0.344 e. The average molecular weight is 418 g/mol. The summed E-state index contributed by atoms with van der Waals surface area (Å²) in [5.74, 6) is 0.856. The molecule has 0 amide bonds. The van der Waals surface area contributed by atoms with Crippen molar-refractivity contribution in [3.8, 4) is 10.6 Å². The van der Waals surface area contributed by atoms with E-state index in [2.05, 4.69) is 45.8 Å². The normalized spacial score (nSPS) is 12.0. The Balaban J connectivity index is 1.50. The van der Waals surface area contributed by atoms with Crippen LogP contribution in [0.5, 0.6) is 0 Å². The van der Waals surface area contributed by atoms with Crippen LogP contribution >= 0.6 is 22.9 Å². The van der Waals surface area contributed by atoms with E-state index in [4.69, 9.17) is 11.6 Å². The molecular weight excluding hydrogens is 405 g/mol. The fourth-order valence-electron chi connectivity index (χ4n) is 2.33. The highest BCUT2D eigenvalue weighted by Gasteiger charge is 2.13. The zero-order valence-electron chi connectivity index (χ0n) is 14.4. The van der Waals surface area contributed by atoms with Crippen molar-refractivity contribution in [1.82, 2.24) is 35.1 Å². The molecule has 0 bridgehead atoms. The maximum Gasteiger partial charge on any atom is 0.234 e. The van der Waals surface area contributed by atoms with E-state index in [1.165, 1.54) is 0 Å². The Morgan fingerprint density at radius 1 is 1.18 bits per heavy atom. The van der Waals surface area contributed by atoms with Crippen LogP contribution in [-0.4, -0.2) is 35.1 Å². The Bertz CT molecular complexity index is 1070. The van der Waals surface area contributed by atoms with Crippen molar-refractivity contribution < 1.29 is 4.39 Å². The van der Waals surface area contributed by atoms with Crippen molar-refractivity contribution in [1.29, 1.82) is 0 Å². The molecule has 4 aromatic rings. The van der Waals surface area contributed by atoms with Crippen LogP contribution in [0.2, 0.25) is 5.28 Å². The number of anilines is 3. The van der Waals surface area contributed by atoms with Crippen molar-refractivity contribution in [3.05, 3.63) is 52.9 Å². The number of aromatic nitrogens is 7. The molecule has 1 atom stereocenters. The lowest BCUT2D eigenvalue weighted by molar-refractivity contribution is 0.604. The summed E-state index contributed by atoms with van der Waals surface area (Å²) in [5, 5.41) is 15.1. The number of halogens is 2. The predicted octanol–water partition coefficient (Wildman–Crippen LogP) is 3.82. The van der Waals surface area contributed by atoms with Gasteiger partial charge < -0.3 is 10.6 Å². The molecular formula is C16H13ClFN9S. The van der Waals surface area contributed by atoms with Crippen LogP contribution in [0.4, 0.5) is 22.1 Å². The van der Waals surface area contributed by atoms with Crippen molar-refractivity contribution in [2.24, 2.45) is 0 Å². The van der Waals surface area contributed by atoms with Crippen LogP contribution in [0.25, 0.3) is 10.6 Å². The third kappa shape index (κ3) is 4.21. The van der Waals surface area contributed by atoms with E-state index >= 15 is 0 Å². The first-order valence-corrected chi connectivity index (χ1v) is 9.34. The molecule has 28 heavy (non-hydrogen) atoms. The van der Waals surface area contributed by atoms with Gasteiger partial charge in [-0.3, -0.25) is 5.10 Å². The van der Waals surface area contributed by atoms with E-state index in [1.54, 1.807) is 18.3 Å². The van der Waals surface area contributed by atoms with Crippen molar-refractivity contribution in [2.75, 3.05) is 10.6 Å². The summed E-state index contributed by atoms with van der Waals surface area (Å²) in [6.07, 6.45) is 2.19. The summed E-state index contributed by atoms with van der Waals surface area (Å²) >= 11 is 7.60. The predicted molar refractivity (Wildman–Crippen MR) is 104 cm³/mol. The standard InChI is InChI=1S/C16H13ClFN9S/c1-8(13-19-6-9(18)7-20-13)21-15-23-14(17)24-16(25-15)22-12-5-10(26-27-12)11-3-2-4-28-11/h2-8H,1H3,(H3,21,22,23,24,25,26,27). The monoisotopic (exact) mass is 417 g/mol. The van der Waals surface area contributed by atoms with Gasteiger partial charge in [0.05, 0.1) is 29.0 Å². The number of rotatable bonds is 6. The molecule has 12 heteroatoms. The second-order valence-corrected chi connectivity index (χ2v) is 6.93. The molecule has 0 saturated carbocycles. The highest BCUT2D eigenvalue weighted by atomic mass is 35.5. The van der Waals surface area contributed by atoms with Crippen molar-refractivity contribution >= 4 is 40.7 Å².